The summed E-state index contributed by atoms with van der Waals surface area (Å²) >= 11 is 0. The van der Waals surface area contributed by atoms with Crippen LogP contribution >= 0.6 is 0 Å². The Labute approximate surface area is 149 Å². The maximum atomic E-state index is 11.6. The zero-order valence-corrected chi connectivity index (χ0v) is 15.5. The van der Waals surface area contributed by atoms with E-state index in [4.69, 9.17) is 5.73 Å². The molecule has 0 radical (unpaired) electrons. The first kappa shape index (κ1) is 18.9. The van der Waals surface area contributed by atoms with Crippen molar-refractivity contribution in [2.45, 2.75) is 40.7 Å². The number of hydrogen-bond donors (Lipinski definition) is 2. The van der Waals surface area contributed by atoms with Crippen LogP contribution in [0.2, 0.25) is 0 Å². The summed E-state index contributed by atoms with van der Waals surface area (Å²) in [5, 5.41) is 2.64. The Kier molecular flexibility index (Phi) is 6.15. The van der Waals surface area contributed by atoms with Crippen molar-refractivity contribution in [3.8, 4) is 0 Å². The third kappa shape index (κ3) is 4.79. The minimum atomic E-state index is -0.966. The zero-order valence-electron chi connectivity index (χ0n) is 15.5. The van der Waals surface area contributed by atoms with Crippen molar-refractivity contribution in [3.05, 3.63) is 52.1 Å². The Bertz CT molecular complexity index is 744. The lowest BCUT2D eigenvalue weighted by Gasteiger charge is -2.31. The Hall–Kier alpha value is -2.40. The maximum absolute atomic E-state index is 11.6. The predicted molar refractivity (Wildman–Crippen MR) is 101 cm³/mol. The molecule has 0 saturated carbocycles. The topological polar surface area (TPSA) is 75.4 Å². The maximum Gasteiger partial charge on any atom is 0.313 e. The minimum Gasteiger partial charge on any atom is -0.361 e. The fourth-order valence-electron chi connectivity index (χ4n) is 3.17. The monoisotopic (exact) mass is 341 g/mol. The number of fused-ring (bicyclic) bond motifs is 1. The number of primary amides is 1. The van der Waals surface area contributed by atoms with Gasteiger partial charge in [-0.05, 0) is 62.4 Å². The molecule has 0 spiro atoms. The first-order chi connectivity index (χ1) is 11.8. The van der Waals surface area contributed by atoms with Crippen molar-refractivity contribution in [2.24, 2.45) is 5.73 Å². The molecule has 25 heavy (non-hydrogen) atoms. The molecule has 0 saturated heterocycles. The van der Waals surface area contributed by atoms with Gasteiger partial charge in [0.1, 0.15) is 0 Å². The number of nitrogens with zero attached hydrogens (tertiary/aromatic N) is 1. The Morgan fingerprint density at radius 2 is 2.00 bits per heavy atom. The van der Waals surface area contributed by atoms with Gasteiger partial charge in [0.05, 0.1) is 0 Å². The largest absolute Gasteiger partial charge is 0.361 e. The van der Waals surface area contributed by atoms with Gasteiger partial charge in [0.2, 0.25) is 0 Å². The van der Waals surface area contributed by atoms with Gasteiger partial charge in [-0.2, -0.15) is 0 Å². The lowest BCUT2D eigenvalue weighted by Crippen LogP contribution is -2.34. The second-order valence-corrected chi connectivity index (χ2v) is 6.75. The van der Waals surface area contributed by atoms with E-state index in [-0.39, 0.29) is 0 Å². The fraction of sp³-hybridized carbons (Fsp3) is 0.400. The van der Waals surface area contributed by atoms with Crippen LogP contribution in [-0.4, -0.2) is 29.8 Å². The molecule has 1 aliphatic rings. The van der Waals surface area contributed by atoms with E-state index in [0.29, 0.717) is 5.69 Å². The summed E-state index contributed by atoms with van der Waals surface area (Å²) in [6.07, 6.45) is 5.20. The van der Waals surface area contributed by atoms with Gasteiger partial charge < -0.3 is 11.1 Å². The minimum absolute atomic E-state index is 0.694. The summed E-state index contributed by atoms with van der Waals surface area (Å²) in [4.78, 5) is 25.1. The van der Waals surface area contributed by atoms with Gasteiger partial charge in [0.25, 0.3) is 0 Å². The van der Waals surface area contributed by atoms with Crippen LogP contribution in [0, 0.1) is 6.92 Å². The molecule has 5 nitrogen and oxygen atoms in total. The van der Waals surface area contributed by atoms with Crippen LogP contribution in [-0.2, 0) is 22.6 Å². The standard InChI is InChI=1S/C20H27N3O2/c1-5-15(10-13(2)3)11-23-9-8-16-17(12-23)14(4)6-7-18(16)22-20(25)19(21)24/h5-7,10H,8-9,11-12H2,1-4H3,(H2,21,24)(H,22,25)/b15-5+. The smallest absolute Gasteiger partial charge is 0.313 e. The van der Waals surface area contributed by atoms with Crippen molar-refractivity contribution in [1.29, 1.82) is 0 Å². The third-order valence-electron chi connectivity index (χ3n) is 4.45. The highest BCUT2D eigenvalue weighted by Crippen LogP contribution is 2.29. The average Bonchev–Trinajstić information content (AvgIpc) is 2.56. The van der Waals surface area contributed by atoms with Gasteiger partial charge in [-0.1, -0.05) is 23.8 Å². The molecule has 1 aliphatic heterocycles. The number of carbonyl (C=O) groups is 2. The lowest BCUT2D eigenvalue weighted by atomic mass is 9.93. The van der Waals surface area contributed by atoms with Crippen molar-refractivity contribution in [3.63, 3.8) is 0 Å². The second-order valence-electron chi connectivity index (χ2n) is 6.75. The number of benzene rings is 1. The third-order valence-corrected chi connectivity index (χ3v) is 4.45. The number of allylic oxidation sites excluding steroid dienone is 2. The number of nitrogens with two attached hydrogens (primary N) is 1. The van der Waals surface area contributed by atoms with Gasteiger partial charge >= 0.3 is 11.8 Å². The second kappa shape index (κ2) is 8.12. The highest BCUT2D eigenvalue weighted by molar-refractivity contribution is 6.39. The van der Waals surface area contributed by atoms with Gasteiger partial charge in [-0.3, -0.25) is 14.5 Å². The molecule has 1 heterocycles. The van der Waals surface area contributed by atoms with Crippen molar-refractivity contribution in [1.82, 2.24) is 4.90 Å². The Morgan fingerprint density at radius 1 is 1.28 bits per heavy atom. The summed E-state index contributed by atoms with van der Waals surface area (Å²) in [6.45, 7) is 11.0. The van der Waals surface area contributed by atoms with Crippen LogP contribution < -0.4 is 11.1 Å². The molecule has 2 amide bonds. The molecule has 0 aliphatic carbocycles. The first-order valence-electron chi connectivity index (χ1n) is 8.56. The Morgan fingerprint density at radius 3 is 2.60 bits per heavy atom. The van der Waals surface area contributed by atoms with Crippen molar-refractivity contribution >= 4 is 17.5 Å². The van der Waals surface area contributed by atoms with Crippen LogP contribution in [0.25, 0.3) is 0 Å². The van der Waals surface area contributed by atoms with Crippen molar-refractivity contribution in [2.75, 3.05) is 18.4 Å². The zero-order chi connectivity index (χ0) is 18.6. The average molecular weight is 341 g/mol. The molecule has 1 aromatic rings. The number of rotatable bonds is 4. The molecule has 0 aromatic heterocycles. The molecule has 3 N–H and O–H groups in total. The van der Waals surface area contributed by atoms with Crippen LogP contribution in [0.5, 0.6) is 0 Å². The lowest BCUT2D eigenvalue weighted by molar-refractivity contribution is -0.134. The molecule has 0 atom stereocenters. The SMILES string of the molecule is C/C=C(\C=C(C)C)CN1CCc2c(NC(=O)C(N)=O)ccc(C)c2C1. The summed E-state index contributed by atoms with van der Waals surface area (Å²) in [5.41, 5.74) is 11.9. The van der Waals surface area contributed by atoms with Gasteiger partial charge in [0, 0.05) is 25.3 Å². The van der Waals surface area contributed by atoms with E-state index < -0.39 is 11.8 Å². The molecule has 5 heteroatoms. The van der Waals surface area contributed by atoms with Crippen LogP contribution in [0.4, 0.5) is 5.69 Å². The van der Waals surface area contributed by atoms with E-state index in [2.05, 4.69) is 50.1 Å². The predicted octanol–water partition coefficient (Wildman–Crippen LogP) is 2.69. The number of amides is 2. The van der Waals surface area contributed by atoms with E-state index in [9.17, 15) is 9.59 Å². The van der Waals surface area contributed by atoms with E-state index in [1.807, 2.05) is 12.1 Å². The van der Waals surface area contributed by atoms with Crippen molar-refractivity contribution < 1.29 is 9.59 Å². The highest BCUT2D eigenvalue weighted by Gasteiger charge is 2.22. The molecule has 1 aromatic carbocycles. The molecule has 0 unspecified atom stereocenters. The molecule has 2 rings (SSSR count). The fourth-order valence-corrected chi connectivity index (χ4v) is 3.17. The number of carbonyl (C=O) groups excluding carboxylic acids is 2. The van der Waals surface area contributed by atoms with Crippen LogP contribution in [0.1, 0.15) is 37.5 Å². The number of hydrogen-bond acceptors (Lipinski definition) is 3. The number of anilines is 1. The van der Waals surface area contributed by atoms with E-state index >= 15 is 0 Å². The first-order valence-corrected chi connectivity index (χ1v) is 8.56. The highest BCUT2D eigenvalue weighted by atomic mass is 16.2. The summed E-state index contributed by atoms with van der Waals surface area (Å²) < 4.78 is 0. The van der Waals surface area contributed by atoms with Gasteiger partial charge in [-0.25, -0.2) is 0 Å². The van der Waals surface area contributed by atoms with Gasteiger partial charge in [0.15, 0.2) is 0 Å². The van der Waals surface area contributed by atoms with Crippen LogP contribution in [0.15, 0.2) is 35.4 Å². The summed E-state index contributed by atoms with van der Waals surface area (Å²) in [5.74, 6) is -1.74. The van der Waals surface area contributed by atoms with Crippen LogP contribution in [0.3, 0.4) is 0 Å². The summed E-state index contributed by atoms with van der Waals surface area (Å²) in [7, 11) is 0. The molecule has 0 fully saturated rings. The van der Waals surface area contributed by atoms with E-state index in [1.165, 1.54) is 22.3 Å². The Balaban J connectivity index is 2.22. The summed E-state index contributed by atoms with van der Waals surface area (Å²) in [6, 6.07) is 3.83. The molecular formula is C20H27N3O2. The van der Waals surface area contributed by atoms with E-state index in [0.717, 1.165) is 31.6 Å². The molecule has 134 valence electrons. The van der Waals surface area contributed by atoms with E-state index in [1.54, 1.807) is 0 Å². The molecular weight excluding hydrogens is 314 g/mol. The van der Waals surface area contributed by atoms with Gasteiger partial charge in [-0.15, -0.1) is 0 Å². The number of aryl methyl sites for hydroxylation is 1. The number of nitrogens with one attached hydrogen (secondary N) is 1. The normalized spacial score (nSPS) is 14.6. The molecule has 0 bridgehead atoms. The quantitative estimate of drug-likeness (QED) is 0.653.